The van der Waals surface area contributed by atoms with Gasteiger partial charge in [-0.25, -0.2) is 18.7 Å². The van der Waals surface area contributed by atoms with Crippen LogP contribution in [0.4, 0.5) is 20.3 Å². The number of nitrogens with one attached hydrogen (secondary N) is 1. The second-order valence-electron chi connectivity index (χ2n) is 5.01. The van der Waals surface area contributed by atoms with Crippen LogP contribution in [0.5, 0.6) is 0 Å². The fraction of sp³-hybridized carbons (Fsp3) is 0.267. The van der Waals surface area contributed by atoms with Crippen molar-refractivity contribution in [3.05, 3.63) is 47.9 Å². The quantitative estimate of drug-likeness (QED) is 0.942. The van der Waals surface area contributed by atoms with Gasteiger partial charge in [-0.1, -0.05) is 6.07 Å². The van der Waals surface area contributed by atoms with Gasteiger partial charge < -0.3 is 10.2 Å². The zero-order valence-corrected chi connectivity index (χ0v) is 11.6. The third-order valence-electron chi connectivity index (χ3n) is 3.59. The van der Waals surface area contributed by atoms with Gasteiger partial charge in [-0.2, -0.15) is 5.26 Å². The highest BCUT2D eigenvalue weighted by Gasteiger charge is 2.27. The van der Waals surface area contributed by atoms with Crippen LogP contribution in [0.15, 0.2) is 30.6 Å². The minimum atomic E-state index is -0.571. The molecule has 1 N–H and O–H groups in total. The van der Waals surface area contributed by atoms with Crippen molar-refractivity contribution in [1.29, 1.82) is 5.26 Å². The van der Waals surface area contributed by atoms with Crippen LogP contribution in [0.1, 0.15) is 12.1 Å². The molecule has 1 atom stereocenters. The molecule has 0 spiro atoms. The monoisotopic (exact) mass is 301 g/mol. The molecule has 5 nitrogen and oxygen atoms in total. The van der Waals surface area contributed by atoms with Gasteiger partial charge in [-0.15, -0.1) is 0 Å². The van der Waals surface area contributed by atoms with E-state index in [1.54, 1.807) is 4.90 Å². The molecule has 112 valence electrons. The molecule has 1 saturated heterocycles. The second-order valence-corrected chi connectivity index (χ2v) is 5.01. The van der Waals surface area contributed by atoms with E-state index < -0.39 is 11.6 Å². The number of para-hydroxylation sites is 1. The van der Waals surface area contributed by atoms with E-state index >= 15 is 0 Å². The number of halogens is 2. The molecule has 2 heterocycles. The number of benzene rings is 1. The average molecular weight is 301 g/mol. The number of hydrogen-bond acceptors (Lipinski definition) is 5. The van der Waals surface area contributed by atoms with Gasteiger partial charge in [0.15, 0.2) is 11.5 Å². The number of nitrogens with zero attached hydrogens (tertiary/aromatic N) is 4. The molecule has 0 radical (unpaired) electrons. The molecule has 0 unspecified atom stereocenters. The number of hydrogen-bond donors (Lipinski definition) is 1. The van der Waals surface area contributed by atoms with Gasteiger partial charge in [-0.3, -0.25) is 0 Å². The third-order valence-corrected chi connectivity index (χ3v) is 3.59. The minimum Gasteiger partial charge on any atom is -0.365 e. The van der Waals surface area contributed by atoms with Crippen molar-refractivity contribution in [2.45, 2.75) is 12.5 Å². The van der Waals surface area contributed by atoms with Crippen LogP contribution in [0, 0.1) is 23.0 Å². The second kappa shape index (κ2) is 5.93. The highest BCUT2D eigenvalue weighted by atomic mass is 19.1. The molecular weight excluding hydrogens is 288 g/mol. The SMILES string of the molecule is N#Cc1nccnc1N[C@@H]1CCN(c2c(F)cccc2F)C1. The molecule has 22 heavy (non-hydrogen) atoms. The molecular formula is C15H13F2N5. The maximum atomic E-state index is 13.8. The van der Waals surface area contributed by atoms with Gasteiger partial charge in [-0.05, 0) is 18.6 Å². The lowest BCUT2D eigenvalue weighted by Crippen LogP contribution is -2.28. The summed E-state index contributed by atoms with van der Waals surface area (Å²) < 4.78 is 27.6. The first kappa shape index (κ1) is 14.2. The minimum absolute atomic E-state index is 0.00791. The van der Waals surface area contributed by atoms with E-state index in [1.165, 1.54) is 30.6 Å². The number of nitriles is 1. The smallest absolute Gasteiger partial charge is 0.182 e. The molecule has 7 heteroatoms. The molecule has 1 fully saturated rings. The Morgan fingerprint density at radius 3 is 2.68 bits per heavy atom. The van der Waals surface area contributed by atoms with Crippen LogP contribution in [0.2, 0.25) is 0 Å². The van der Waals surface area contributed by atoms with Crippen LogP contribution < -0.4 is 10.2 Å². The Morgan fingerprint density at radius 1 is 1.23 bits per heavy atom. The number of anilines is 2. The predicted octanol–water partition coefficient (Wildman–Crippen LogP) is 2.32. The Kier molecular flexibility index (Phi) is 3.83. The van der Waals surface area contributed by atoms with Crippen molar-refractivity contribution in [2.24, 2.45) is 0 Å². The lowest BCUT2D eigenvalue weighted by Gasteiger charge is -2.20. The number of aromatic nitrogens is 2. The summed E-state index contributed by atoms with van der Waals surface area (Å²) in [6.45, 7) is 0.955. The van der Waals surface area contributed by atoms with Gasteiger partial charge in [0.05, 0.1) is 0 Å². The van der Waals surface area contributed by atoms with Crippen LogP contribution in [0.3, 0.4) is 0 Å². The Hall–Kier alpha value is -2.75. The molecule has 0 saturated carbocycles. The summed E-state index contributed by atoms with van der Waals surface area (Å²) in [4.78, 5) is 9.67. The summed E-state index contributed by atoms with van der Waals surface area (Å²) >= 11 is 0. The van der Waals surface area contributed by atoms with Crippen LogP contribution in [0.25, 0.3) is 0 Å². The standard InChI is InChI=1S/C15H13F2N5/c16-11-2-1-3-12(17)14(11)22-7-4-10(9-22)21-15-13(8-18)19-5-6-20-15/h1-3,5-6,10H,4,7,9H2,(H,20,21)/t10-/m1/s1. The van der Waals surface area contributed by atoms with E-state index in [9.17, 15) is 8.78 Å². The van der Waals surface area contributed by atoms with Crippen molar-refractivity contribution >= 4 is 11.5 Å². The molecule has 2 aromatic rings. The lowest BCUT2D eigenvalue weighted by molar-refractivity contribution is 0.577. The summed E-state index contributed by atoms with van der Waals surface area (Å²) in [5, 5.41) is 12.1. The summed E-state index contributed by atoms with van der Waals surface area (Å²) in [7, 11) is 0. The molecule has 3 rings (SSSR count). The summed E-state index contributed by atoms with van der Waals surface area (Å²) in [5.41, 5.74) is 0.199. The zero-order chi connectivity index (χ0) is 15.5. The van der Waals surface area contributed by atoms with E-state index in [-0.39, 0.29) is 17.4 Å². The Bertz CT molecular complexity index is 708. The summed E-state index contributed by atoms with van der Waals surface area (Å²) in [5.74, 6) is -0.749. The van der Waals surface area contributed by atoms with E-state index in [2.05, 4.69) is 15.3 Å². The van der Waals surface area contributed by atoms with E-state index in [1.807, 2.05) is 6.07 Å². The van der Waals surface area contributed by atoms with E-state index in [4.69, 9.17) is 5.26 Å². The van der Waals surface area contributed by atoms with Gasteiger partial charge in [0, 0.05) is 31.5 Å². The maximum Gasteiger partial charge on any atom is 0.182 e. The molecule has 1 aromatic carbocycles. The molecule has 0 amide bonds. The van der Waals surface area contributed by atoms with Crippen molar-refractivity contribution in [1.82, 2.24) is 9.97 Å². The summed E-state index contributed by atoms with van der Waals surface area (Å²) in [6.07, 6.45) is 3.63. The highest BCUT2D eigenvalue weighted by Crippen LogP contribution is 2.27. The molecule has 0 aliphatic carbocycles. The maximum absolute atomic E-state index is 13.8. The van der Waals surface area contributed by atoms with Crippen LogP contribution in [-0.4, -0.2) is 29.1 Å². The van der Waals surface area contributed by atoms with Crippen LogP contribution >= 0.6 is 0 Å². The predicted molar refractivity (Wildman–Crippen MR) is 77.3 cm³/mol. The number of rotatable bonds is 3. The largest absolute Gasteiger partial charge is 0.365 e. The van der Waals surface area contributed by atoms with Crippen molar-refractivity contribution in [3.63, 3.8) is 0 Å². The molecule has 0 bridgehead atoms. The third kappa shape index (κ3) is 2.68. The molecule has 1 aliphatic heterocycles. The Morgan fingerprint density at radius 2 is 1.95 bits per heavy atom. The zero-order valence-electron chi connectivity index (χ0n) is 11.6. The highest BCUT2D eigenvalue weighted by molar-refractivity contribution is 5.52. The first-order chi connectivity index (χ1) is 10.7. The van der Waals surface area contributed by atoms with Crippen LogP contribution in [-0.2, 0) is 0 Å². The van der Waals surface area contributed by atoms with Crippen molar-refractivity contribution in [2.75, 3.05) is 23.3 Å². The lowest BCUT2D eigenvalue weighted by atomic mass is 10.2. The van der Waals surface area contributed by atoms with Gasteiger partial charge in [0.1, 0.15) is 23.4 Å². The summed E-state index contributed by atoms with van der Waals surface area (Å²) in [6, 6.07) is 5.75. The first-order valence-electron chi connectivity index (χ1n) is 6.85. The fourth-order valence-corrected chi connectivity index (χ4v) is 2.59. The Balaban J connectivity index is 1.74. The van der Waals surface area contributed by atoms with E-state index in [0.717, 1.165) is 0 Å². The average Bonchev–Trinajstić information content (AvgIpc) is 2.96. The van der Waals surface area contributed by atoms with Gasteiger partial charge in [0.25, 0.3) is 0 Å². The topological polar surface area (TPSA) is 64.8 Å². The molecule has 1 aromatic heterocycles. The van der Waals surface area contributed by atoms with Gasteiger partial charge in [0.2, 0.25) is 0 Å². The molecule has 1 aliphatic rings. The first-order valence-corrected chi connectivity index (χ1v) is 6.85. The van der Waals surface area contributed by atoms with Crippen molar-refractivity contribution < 1.29 is 8.78 Å². The normalized spacial score (nSPS) is 17.3. The van der Waals surface area contributed by atoms with E-state index in [0.29, 0.717) is 25.3 Å². The van der Waals surface area contributed by atoms with Crippen molar-refractivity contribution in [3.8, 4) is 6.07 Å². The Labute approximate surface area is 126 Å². The van der Waals surface area contributed by atoms with Gasteiger partial charge >= 0.3 is 0 Å². The fourth-order valence-electron chi connectivity index (χ4n) is 2.59.